The average Bonchev–Trinajstić information content (AvgIpc) is 2.76. The second-order valence-corrected chi connectivity index (χ2v) is 5.53. The molecule has 18 heavy (non-hydrogen) atoms. The van der Waals surface area contributed by atoms with Gasteiger partial charge in [-0.2, -0.15) is 0 Å². The van der Waals surface area contributed by atoms with E-state index in [0.717, 1.165) is 24.7 Å². The van der Waals surface area contributed by atoms with E-state index in [1.165, 1.54) is 25.7 Å². The van der Waals surface area contributed by atoms with Crippen LogP contribution in [-0.4, -0.2) is 31.7 Å². The van der Waals surface area contributed by atoms with Crippen molar-refractivity contribution in [3.05, 3.63) is 0 Å². The van der Waals surface area contributed by atoms with Crippen molar-refractivity contribution in [2.24, 2.45) is 17.6 Å². The summed E-state index contributed by atoms with van der Waals surface area (Å²) in [7, 11) is 1.57. The van der Waals surface area contributed by atoms with E-state index in [0.29, 0.717) is 12.6 Å². The van der Waals surface area contributed by atoms with Gasteiger partial charge in [0.25, 0.3) is 0 Å². The number of fused-ring (bicyclic) bond motifs is 1. The third-order valence-electron chi connectivity index (χ3n) is 4.32. The molecule has 0 aliphatic heterocycles. The number of methoxy groups -OCH3 is 1. The van der Waals surface area contributed by atoms with Crippen LogP contribution in [0, 0.1) is 11.8 Å². The predicted octanol–water partition coefficient (Wildman–Crippen LogP) is 1.47. The molecule has 5 heteroatoms. The molecule has 4 atom stereocenters. The molecule has 2 rings (SSSR count). The van der Waals surface area contributed by atoms with E-state index in [-0.39, 0.29) is 18.3 Å². The molecule has 0 radical (unpaired) electrons. The highest BCUT2D eigenvalue weighted by molar-refractivity contribution is 5.85. The number of amides is 1. The highest BCUT2D eigenvalue weighted by atomic mass is 35.5. The number of hydrogen-bond donors (Lipinski definition) is 2. The van der Waals surface area contributed by atoms with Gasteiger partial charge in [-0.3, -0.25) is 4.79 Å². The van der Waals surface area contributed by atoms with Gasteiger partial charge in [-0.15, -0.1) is 12.4 Å². The van der Waals surface area contributed by atoms with Crippen LogP contribution in [0.1, 0.15) is 38.5 Å². The summed E-state index contributed by atoms with van der Waals surface area (Å²) in [6.45, 7) is 0.296. The van der Waals surface area contributed by atoms with Gasteiger partial charge in [-0.1, -0.05) is 19.3 Å². The fourth-order valence-corrected chi connectivity index (χ4v) is 3.40. The molecular formula is C13H25ClN2O2. The van der Waals surface area contributed by atoms with Gasteiger partial charge in [-0.05, 0) is 31.1 Å². The van der Waals surface area contributed by atoms with E-state index in [9.17, 15) is 4.79 Å². The lowest BCUT2D eigenvalue weighted by Gasteiger charge is -2.32. The SMILES string of the molecule is COCC(N)C(=O)NC1CCC2CCCC2C1.Cl. The van der Waals surface area contributed by atoms with Gasteiger partial charge in [0.2, 0.25) is 5.91 Å². The van der Waals surface area contributed by atoms with Crippen LogP contribution in [0.5, 0.6) is 0 Å². The first-order chi connectivity index (χ1) is 8.20. The van der Waals surface area contributed by atoms with Gasteiger partial charge in [0, 0.05) is 13.2 Å². The molecule has 4 unspecified atom stereocenters. The van der Waals surface area contributed by atoms with E-state index >= 15 is 0 Å². The maximum atomic E-state index is 11.8. The Kier molecular flexibility index (Phi) is 6.39. The maximum absolute atomic E-state index is 11.8. The Bertz CT molecular complexity index is 276. The fourth-order valence-electron chi connectivity index (χ4n) is 3.40. The summed E-state index contributed by atoms with van der Waals surface area (Å²) in [5.41, 5.74) is 5.71. The third kappa shape index (κ3) is 3.84. The van der Waals surface area contributed by atoms with Crippen molar-refractivity contribution < 1.29 is 9.53 Å². The van der Waals surface area contributed by atoms with Crippen molar-refractivity contribution in [3.8, 4) is 0 Å². The fraction of sp³-hybridized carbons (Fsp3) is 0.923. The first-order valence-corrected chi connectivity index (χ1v) is 6.75. The summed E-state index contributed by atoms with van der Waals surface area (Å²) in [6, 6.07) is -0.189. The lowest BCUT2D eigenvalue weighted by atomic mass is 9.79. The van der Waals surface area contributed by atoms with Crippen LogP contribution in [0.4, 0.5) is 0 Å². The molecule has 0 aromatic rings. The molecule has 0 heterocycles. The minimum Gasteiger partial charge on any atom is -0.383 e. The van der Waals surface area contributed by atoms with Crippen molar-refractivity contribution in [3.63, 3.8) is 0 Å². The number of carbonyl (C=O) groups excluding carboxylic acids is 1. The Morgan fingerprint density at radius 3 is 2.78 bits per heavy atom. The van der Waals surface area contributed by atoms with Crippen LogP contribution in [-0.2, 0) is 9.53 Å². The minimum absolute atomic E-state index is 0. The number of hydrogen-bond acceptors (Lipinski definition) is 3. The number of carbonyl (C=O) groups is 1. The maximum Gasteiger partial charge on any atom is 0.239 e. The second-order valence-electron chi connectivity index (χ2n) is 5.53. The van der Waals surface area contributed by atoms with Crippen molar-refractivity contribution in [1.29, 1.82) is 0 Å². The van der Waals surface area contributed by atoms with E-state index in [1.54, 1.807) is 7.11 Å². The van der Waals surface area contributed by atoms with Crippen LogP contribution in [0.15, 0.2) is 0 Å². The number of ether oxygens (including phenoxy) is 1. The van der Waals surface area contributed by atoms with Crippen molar-refractivity contribution in [2.75, 3.05) is 13.7 Å². The molecule has 3 N–H and O–H groups in total. The molecule has 1 amide bonds. The molecule has 2 fully saturated rings. The van der Waals surface area contributed by atoms with Crippen molar-refractivity contribution in [1.82, 2.24) is 5.32 Å². The molecular weight excluding hydrogens is 252 g/mol. The molecule has 2 aliphatic carbocycles. The van der Waals surface area contributed by atoms with Gasteiger partial charge in [0.05, 0.1) is 6.61 Å². The Morgan fingerprint density at radius 2 is 2.06 bits per heavy atom. The van der Waals surface area contributed by atoms with E-state index in [1.807, 2.05) is 0 Å². The summed E-state index contributed by atoms with van der Waals surface area (Å²) < 4.78 is 4.90. The van der Waals surface area contributed by atoms with Gasteiger partial charge in [0.15, 0.2) is 0 Å². The zero-order valence-electron chi connectivity index (χ0n) is 11.1. The molecule has 4 nitrogen and oxygen atoms in total. The van der Waals surface area contributed by atoms with Crippen LogP contribution >= 0.6 is 12.4 Å². The summed E-state index contributed by atoms with van der Waals surface area (Å²) in [5.74, 6) is 1.71. The predicted molar refractivity (Wildman–Crippen MR) is 73.7 cm³/mol. The zero-order chi connectivity index (χ0) is 12.3. The lowest BCUT2D eigenvalue weighted by Crippen LogP contribution is -2.49. The van der Waals surface area contributed by atoms with Crippen LogP contribution < -0.4 is 11.1 Å². The van der Waals surface area contributed by atoms with Crippen LogP contribution in [0.25, 0.3) is 0 Å². The van der Waals surface area contributed by atoms with E-state index in [2.05, 4.69) is 5.32 Å². The largest absolute Gasteiger partial charge is 0.383 e. The zero-order valence-corrected chi connectivity index (χ0v) is 11.9. The van der Waals surface area contributed by atoms with Crippen LogP contribution in [0.2, 0.25) is 0 Å². The molecule has 0 spiro atoms. The lowest BCUT2D eigenvalue weighted by molar-refractivity contribution is -0.124. The average molecular weight is 277 g/mol. The van der Waals surface area contributed by atoms with Crippen molar-refractivity contribution in [2.45, 2.75) is 50.6 Å². The quantitative estimate of drug-likeness (QED) is 0.817. The minimum atomic E-state index is -0.527. The molecule has 106 valence electrons. The topological polar surface area (TPSA) is 64.3 Å². The Morgan fingerprint density at radius 1 is 1.33 bits per heavy atom. The van der Waals surface area contributed by atoms with Gasteiger partial charge in [-0.25, -0.2) is 0 Å². The normalized spacial score (nSPS) is 32.2. The van der Waals surface area contributed by atoms with Gasteiger partial charge >= 0.3 is 0 Å². The molecule has 2 aliphatic rings. The number of halogens is 1. The second kappa shape index (κ2) is 7.31. The van der Waals surface area contributed by atoms with Crippen LogP contribution in [0.3, 0.4) is 0 Å². The third-order valence-corrected chi connectivity index (χ3v) is 4.32. The van der Waals surface area contributed by atoms with E-state index < -0.39 is 6.04 Å². The first-order valence-electron chi connectivity index (χ1n) is 6.75. The smallest absolute Gasteiger partial charge is 0.239 e. The molecule has 0 bridgehead atoms. The highest BCUT2D eigenvalue weighted by Gasteiger charge is 2.34. The Balaban J connectivity index is 0.00000162. The molecule has 2 saturated carbocycles. The number of nitrogens with one attached hydrogen (secondary N) is 1. The number of nitrogens with two attached hydrogens (primary N) is 1. The Hall–Kier alpha value is -0.320. The Labute approximate surface area is 115 Å². The summed E-state index contributed by atoms with van der Waals surface area (Å²) >= 11 is 0. The summed E-state index contributed by atoms with van der Waals surface area (Å²) in [6.07, 6.45) is 7.66. The summed E-state index contributed by atoms with van der Waals surface area (Å²) in [4.78, 5) is 11.8. The monoisotopic (exact) mass is 276 g/mol. The molecule has 0 aromatic carbocycles. The molecule has 0 saturated heterocycles. The van der Waals surface area contributed by atoms with Gasteiger partial charge in [0.1, 0.15) is 6.04 Å². The highest BCUT2D eigenvalue weighted by Crippen LogP contribution is 2.41. The van der Waals surface area contributed by atoms with Crippen molar-refractivity contribution >= 4 is 18.3 Å². The molecule has 0 aromatic heterocycles. The summed E-state index contributed by atoms with van der Waals surface area (Å²) in [5, 5.41) is 3.07. The number of rotatable bonds is 4. The van der Waals surface area contributed by atoms with E-state index in [4.69, 9.17) is 10.5 Å². The standard InChI is InChI=1S/C13H24N2O2.ClH/c1-17-8-12(14)13(16)15-11-6-5-9-3-2-4-10(9)7-11;/h9-12H,2-8,14H2,1H3,(H,15,16);1H. The van der Waals surface area contributed by atoms with Gasteiger partial charge < -0.3 is 15.8 Å². The first kappa shape index (κ1) is 15.7.